The second kappa shape index (κ2) is 14.9. The van der Waals surface area contributed by atoms with Crippen LogP contribution in [0.3, 0.4) is 0 Å². The van der Waals surface area contributed by atoms with E-state index in [2.05, 4.69) is 20.4 Å². The first-order chi connectivity index (χ1) is 23.8. The topological polar surface area (TPSA) is 126 Å². The maximum Gasteiger partial charge on any atom is 0.254 e. The Labute approximate surface area is 289 Å². The fourth-order valence-electron chi connectivity index (χ4n) is 9.04. The van der Waals surface area contributed by atoms with Crippen LogP contribution in [0.4, 0.5) is 0 Å². The third-order valence-corrected chi connectivity index (χ3v) is 11.7. The van der Waals surface area contributed by atoms with E-state index in [1.54, 1.807) is 23.1 Å². The molecular formula is C38H50N6O5. The number of hydrogen-bond donors (Lipinski definition) is 3. The second-order valence-electron chi connectivity index (χ2n) is 14.7. The van der Waals surface area contributed by atoms with Crippen LogP contribution in [0.1, 0.15) is 67.3 Å². The van der Waals surface area contributed by atoms with E-state index in [0.717, 1.165) is 57.3 Å². The van der Waals surface area contributed by atoms with E-state index in [1.807, 2.05) is 41.3 Å². The predicted octanol–water partition coefficient (Wildman–Crippen LogP) is 2.60. The lowest BCUT2D eigenvalue weighted by Crippen LogP contribution is -2.53. The van der Waals surface area contributed by atoms with Crippen LogP contribution in [0.5, 0.6) is 5.75 Å². The molecule has 0 aromatic heterocycles. The molecule has 0 spiro atoms. The minimum absolute atomic E-state index is 0.0236. The lowest BCUT2D eigenvalue weighted by atomic mass is 9.80. The monoisotopic (exact) mass is 670 g/mol. The van der Waals surface area contributed by atoms with Crippen LogP contribution < -0.4 is 10.6 Å². The standard InChI is InChI=1S/C38H50N6O5/c45-34-11-5-4-9-29(34)24-41-18-13-27-21-35(46)42-19-14-31(15-20-42)43-17-6-10-32(43)37(48)40-30-22-33(36(47)39-16-12-28(27)23-41)44(25-30)38(49)26-7-2-1-3-8-26/h1-5,7-9,11,27-28,30-33,45H,6,10,12-25H2,(H,39,47)(H,40,48)/t27-,28-,30-,32-,33-/m0/s1. The SMILES string of the molecule is O=C1NCC[C@H]2CN(Cc3ccccc3O)CC[C@H]2CC(=O)N2CCC(CC2)N2CCC[C@H]2C(=O)N[C@H]2C[C@@H]1N(C(=O)c1ccccc1)C2. The summed E-state index contributed by atoms with van der Waals surface area (Å²) in [4.78, 5) is 63.4. The number of amides is 4. The molecule has 2 aromatic carbocycles. The summed E-state index contributed by atoms with van der Waals surface area (Å²) in [7, 11) is 0. The van der Waals surface area contributed by atoms with Crippen molar-refractivity contribution in [2.75, 3.05) is 45.8 Å². The van der Waals surface area contributed by atoms with Gasteiger partial charge in [-0.15, -0.1) is 0 Å². The first kappa shape index (κ1) is 33.5. The number of nitrogens with one attached hydrogen (secondary N) is 2. The van der Waals surface area contributed by atoms with Gasteiger partial charge in [0.15, 0.2) is 0 Å². The Balaban J connectivity index is 1.12. The molecule has 2 aromatic rings. The van der Waals surface area contributed by atoms with Gasteiger partial charge in [-0.3, -0.25) is 29.0 Å². The fraction of sp³-hybridized carbons (Fsp3) is 0.579. The quantitative estimate of drug-likeness (QED) is 0.459. The lowest BCUT2D eigenvalue weighted by molar-refractivity contribution is -0.136. The van der Waals surface area contributed by atoms with Crippen molar-refractivity contribution in [1.82, 2.24) is 30.2 Å². The van der Waals surface area contributed by atoms with Gasteiger partial charge < -0.3 is 25.5 Å². The molecule has 8 rings (SSSR count). The molecular weight excluding hydrogens is 620 g/mol. The van der Waals surface area contributed by atoms with Crippen molar-refractivity contribution in [2.45, 2.75) is 82.1 Å². The van der Waals surface area contributed by atoms with Gasteiger partial charge in [0.1, 0.15) is 11.8 Å². The van der Waals surface area contributed by atoms with Crippen LogP contribution in [0.15, 0.2) is 54.6 Å². The average Bonchev–Trinajstić information content (AvgIpc) is 3.78. The van der Waals surface area contributed by atoms with Crippen molar-refractivity contribution in [3.05, 3.63) is 65.7 Å². The molecule has 11 heteroatoms. The van der Waals surface area contributed by atoms with Crippen molar-refractivity contribution < 1.29 is 24.3 Å². The Morgan fingerprint density at radius 3 is 2.37 bits per heavy atom. The van der Waals surface area contributed by atoms with Crippen LogP contribution >= 0.6 is 0 Å². The summed E-state index contributed by atoms with van der Waals surface area (Å²) in [5, 5.41) is 16.8. The number of piperidine rings is 2. The smallest absolute Gasteiger partial charge is 0.254 e. The van der Waals surface area contributed by atoms with Crippen LogP contribution in [-0.2, 0) is 20.9 Å². The number of carbonyl (C=O) groups is 4. The molecule has 11 nitrogen and oxygen atoms in total. The van der Waals surface area contributed by atoms with Gasteiger partial charge in [-0.2, -0.15) is 0 Å². The highest BCUT2D eigenvalue weighted by Crippen LogP contribution is 2.33. The number of phenolic OH excluding ortho intramolecular Hbond substituents is 1. The zero-order valence-electron chi connectivity index (χ0n) is 28.3. The highest BCUT2D eigenvalue weighted by molar-refractivity contribution is 5.98. The zero-order valence-corrected chi connectivity index (χ0v) is 28.3. The Morgan fingerprint density at radius 2 is 1.57 bits per heavy atom. The first-order valence-electron chi connectivity index (χ1n) is 18.3. The van der Waals surface area contributed by atoms with Gasteiger partial charge in [0.2, 0.25) is 17.7 Å². The molecule has 6 fully saturated rings. The maximum atomic E-state index is 13.8. The van der Waals surface area contributed by atoms with E-state index in [0.29, 0.717) is 51.0 Å². The molecule has 262 valence electrons. The number of rotatable bonds is 3. The van der Waals surface area contributed by atoms with E-state index >= 15 is 0 Å². The number of aromatic hydroxyl groups is 1. The summed E-state index contributed by atoms with van der Waals surface area (Å²) in [6.07, 6.45) is 5.92. The van der Waals surface area contributed by atoms with Gasteiger partial charge in [0.25, 0.3) is 5.91 Å². The number of likely N-dealkylation sites (tertiary alicyclic amines) is 2. The van der Waals surface area contributed by atoms with Gasteiger partial charge in [-0.1, -0.05) is 36.4 Å². The molecule has 6 heterocycles. The Kier molecular flexibility index (Phi) is 10.2. The van der Waals surface area contributed by atoms with Crippen LogP contribution in [0.25, 0.3) is 0 Å². The molecule has 0 unspecified atom stereocenters. The van der Waals surface area contributed by atoms with Crippen molar-refractivity contribution in [1.29, 1.82) is 0 Å². The Bertz CT molecular complexity index is 1510. The molecule has 3 N–H and O–H groups in total. The minimum atomic E-state index is -0.690. The predicted molar refractivity (Wildman–Crippen MR) is 184 cm³/mol. The van der Waals surface area contributed by atoms with Crippen LogP contribution in [-0.4, -0.2) is 118 Å². The van der Waals surface area contributed by atoms with Crippen molar-refractivity contribution in [3.8, 4) is 5.75 Å². The first-order valence-corrected chi connectivity index (χ1v) is 18.3. The molecule has 6 aliphatic rings. The van der Waals surface area contributed by atoms with Crippen molar-refractivity contribution in [3.63, 3.8) is 0 Å². The van der Waals surface area contributed by atoms with Gasteiger partial charge in [0.05, 0.1) is 6.04 Å². The van der Waals surface area contributed by atoms with Crippen molar-refractivity contribution >= 4 is 23.6 Å². The molecule has 6 saturated heterocycles. The number of nitrogens with zero attached hydrogens (tertiary/aromatic N) is 4. The summed E-state index contributed by atoms with van der Waals surface area (Å²) in [6, 6.07) is 15.5. The molecule has 6 aliphatic heterocycles. The van der Waals surface area contributed by atoms with E-state index in [4.69, 9.17) is 0 Å². The minimum Gasteiger partial charge on any atom is -0.508 e. The third kappa shape index (κ3) is 7.48. The van der Waals surface area contributed by atoms with E-state index in [9.17, 15) is 24.3 Å². The van der Waals surface area contributed by atoms with Crippen LogP contribution in [0, 0.1) is 11.8 Å². The average molecular weight is 671 g/mol. The number of fused-ring (bicyclic) bond motifs is 7. The normalized spacial score (nSPS) is 30.5. The number of hydrogen-bond acceptors (Lipinski definition) is 7. The molecule has 0 aliphatic carbocycles. The van der Waals surface area contributed by atoms with Crippen LogP contribution in [0.2, 0.25) is 0 Å². The second-order valence-corrected chi connectivity index (χ2v) is 14.7. The van der Waals surface area contributed by atoms with E-state index < -0.39 is 6.04 Å². The summed E-state index contributed by atoms with van der Waals surface area (Å²) in [6.45, 7) is 5.26. The largest absolute Gasteiger partial charge is 0.508 e. The highest BCUT2D eigenvalue weighted by atomic mass is 16.3. The van der Waals surface area contributed by atoms with E-state index in [1.165, 1.54) is 0 Å². The molecule has 4 amide bonds. The van der Waals surface area contributed by atoms with Gasteiger partial charge >= 0.3 is 0 Å². The Hall–Kier alpha value is -3.96. The molecule has 0 radical (unpaired) electrons. The molecule has 5 atom stereocenters. The lowest BCUT2D eigenvalue weighted by Gasteiger charge is -2.41. The number of para-hydroxylation sites is 1. The maximum absolute atomic E-state index is 13.8. The van der Waals surface area contributed by atoms with Gasteiger partial charge in [0, 0.05) is 68.9 Å². The summed E-state index contributed by atoms with van der Waals surface area (Å²) < 4.78 is 0. The number of carbonyl (C=O) groups excluding carboxylic acids is 4. The number of phenols is 1. The van der Waals surface area contributed by atoms with Crippen molar-refractivity contribution in [2.24, 2.45) is 11.8 Å². The van der Waals surface area contributed by atoms with Gasteiger partial charge in [-0.25, -0.2) is 0 Å². The summed E-state index contributed by atoms with van der Waals surface area (Å²) in [5.74, 6) is 0.432. The van der Waals surface area contributed by atoms with E-state index in [-0.39, 0.29) is 65.9 Å². The van der Waals surface area contributed by atoms with Gasteiger partial charge in [-0.05, 0) is 88.1 Å². The molecule has 0 saturated carbocycles. The highest BCUT2D eigenvalue weighted by Gasteiger charge is 2.43. The fourth-order valence-corrected chi connectivity index (χ4v) is 9.04. The molecule has 4 bridgehead atoms. The number of benzene rings is 2. The Morgan fingerprint density at radius 1 is 0.796 bits per heavy atom. The zero-order chi connectivity index (χ0) is 33.9. The summed E-state index contributed by atoms with van der Waals surface area (Å²) in [5.41, 5.74) is 1.41. The molecule has 49 heavy (non-hydrogen) atoms. The third-order valence-electron chi connectivity index (χ3n) is 11.7. The summed E-state index contributed by atoms with van der Waals surface area (Å²) >= 11 is 0.